The van der Waals surface area contributed by atoms with Gasteiger partial charge in [0, 0.05) is 11.4 Å². The third kappa shape index (κ3) is 4.96. The van der Waals surface area contributed by atoms with Crippen molar-refractivity contribution < 1.29 is 0 Å². The van der Waals surface area contributed by atoms with Crippen LogP contribution in [0.5, 0.6) is 0 Å². The van der Waals surface area contributed by atoms with Crippen molar-refractivity contribution in [3.63, 3.8) is 0 Å². The molecule has 3 aromatic rings. The zero-order valence-corrected chi connectivity index (χ0v) is 15.5. The Morgan fingerprint density at radius 1 is 0.692 bits per heavy atom. The Morgan fingerprint density at radius 3 is 1.62 bits per heavy atom. The standard InChI is InChI=1S/C23H25N3/c1-17-9-13-21(14-10-17)25-23(26-22-15-11-18(2)12-16-22)24-19(3)20-7-5-4-6-8-20/h4-16,19H,1-3H3,(H2,24,25,26)/t19-/m0/s1. The predicted molar refractivity (Wildman–Crippen MR) is 112 cm³/mol. The minimum atomic E-state index is 0.0436. The van der Waals surface area contributed by atoms with Gasteiger partial charge in [0.25, 0.3) is 0 Å². The second-order valence-corrected chi connectivity index (χ2v) is 6.55. The van der Waals surface area contributed by atoms with Crippen molar-refractivity contribution >= 4 is 17.3 Å². The average Bonchev–Trinajstić information content (AvgIpc) is 2.66. The van der Waals surface area contributed by atoms with E-state index in [4.69, 9.17) is 4.99 Å². The highest BCUT2D eigenvalue weighted by atomic mass is 15.2. The third-order valence-electron chi connectivity index (χ3n) is 4.23. The highest BCUT2D eigenvalue weighted by Gasteiger charge is 2.07. The Kier molecular flexibility index (Phi) is 5.69. The first kappa shape index (κ1) is 17.7. The van der Waals surface area contributed by atoms with Crippen LogP contribution in [-0.4, -0.2) is 5.96 Å². The average molecular weight is 343 g/mol. The molecule has 0 unspecified atom stereocenters. The highest BCUT2D eigenvalue weighted by Crippen LogP contribution is 2.18. The minimum absolute atomic E-state index is 0.0436. The number of aliphatic imine (C=N–C) groups is 1. The van der Waals surface area contributed by atoms with E-state index in [0.29, 0.717) is 0 Å². The lowest BCUT2D eigenvalue weighted by Crippen LogP contribution is -2.23. The summed E-state index contributed by atoms with van der Waals surface area (Å²) in [6, 6.07) is 27.0. The summed E-state index contributed by atoms with van der Waals surface area (Å²) in [5, 5.41) is 6.82. The van der Waals surface area contributed by atoms with Gasteiger partial charge in [0.15, 0.2) is 0 Å². The summed E-state index contributed by atoms with van der Waals surface area (Å²) in [5.41, 5.74) is 5.67. The first-order valence-corrected chi connectivity index (χ1v) is 8.90. The zero-order chi connectivity index (χ0) is 18.4. The molecule has 0 spiro atoms. The Hall–Kier alpha value is -3.07. The van der Waals surface area contributed by atoms with Crippen molar-refractivity contribution in [1.29, 1.82) is 0 Å². The van der Waals surface area contributed by atoms with Crippen molar-refractivity contribution in [2.24, 2.45) is 4.99 Å². The van der Waals surface area contributed by atoms with Crippen LogP contribution in [-0.2, 0) is 0 Å². The Morgan fingerprint density at radius 2 is 1.15 bits per heavy atom. The van der Waals surface area contributed by atoms with Gasteiger partial charge in [-0.2, -0.15) is 0 Å². The maximum absolute atomic E-state index is 4.88. The fraction of sp³-hybridized carbons (Fsp3) is 0.174. The fourth-order valence-corrected chi connectivity index (χ4v) is 2.64. The van der Waals surface area contributed by atoms with Crippen LogP contribution in [0.1, 0.15) is 29.7 Å². The van der Waals surface area contributed by atoms with Crippen LogP contribution in [0.15, 0.2) is 83.9 Å². The van der Waals surface area contributed by atoms with Crippen molar-refractivity contribution in [1.82, 2.24) is 0 Å². The van der Waals surface area contributed by atoms with E-state index >= 15 is 0 Å². The van der Waals surface area contributed by atoms with E-state index in [-0.39, 0.29) is 6.04 Å². The summed E-state index contributed by atoms with van der Waals surface area (Å²) in [7, 11) is 0. The maximum atomic E-state index is 4.88. The van der Waals surface area contributed by atoms with Gasteiger partial charge in [-0.3, -0.25) is 0 Å². The molecule has 132 valence electrons. The Balaban J connectivity index is 1.85. The number of nitrogens with one attached hydrogen (secondary N) is 2. The topological polar surface area (TPSA) is 36.4 Å². The largest absolute Gasteiger partial charge is 0.326 e. The lowest BCUT2D eigenvalue weighted by molar-refractivity contribution is 0.819. The molecular weight excluding hydrogens is 318 g/mol. The molecule has 0 aliphatic heterocycles. The quantitative estimate of drug-likeness (QED) is 0.454. The van der Waals surface area contributed by atoms with Crippen molar-refractivity contribution in [2.45, 2.75) is 26.8 Å². The number of benzene rings is 3. The summed E-state index contributed by atoms with van der Waals surface area (Å²) in [4.78, 5) is 4.88. The Labute approximate surface area is 155 Å². The summed E-state index contributed by atoms with van der Waals surface area (Å²) >= 11 is 0. The molecule has 1 atom stereocenters. The molecule has 3 rings (SSSR count). The zero-order valence-electron chi connectivity index (χ0n) is 15.5. The lowest BCUT2D eigenvalue weighted by atomic mass is 10.1. The van der Waals surface area contributed by atoms with Crippen LogP contribution in [0.25, 0.3) is 0 Å². The van der Waals surface area contributed by atoms with Gasteiger partial charge >= 0.3 is 0 Å². The summed E-state index contributed by atoms with van der Waals surface area (Å²) < 4.78 is 0. The molecule has 0 saturated heterocycles. The molecule has 26 heavy (non-hydrogen) atoms. The van der Waals surface area contributed by atoms with Gasteiger partial charge in [-0.15, -0.1) is 0 Å². The number of nitrogens with zero attached hydrogens (tertiary/aromatic N) is 1. The van der Waals surface area contributed by atoms with Crippen LogP contribution in [0.3, 0.4) is 0 Å². The maximum Gasteiger partial charge on any atom is 0.200 e. The highest BCUT2D eigenvalue weighted by molar-refractivity contribution is 6.03. The number of guanidine groups is 1. The fourth-order valence-electron chi connectivity index (χ4n) is 2.64. The molecule has 0 saturated carbocycles. The number of anilines is 2. The SMILES string of the molecule is Cc1ccc(NC(=N[C@@H](C)c2ccccc2)Nc2ccc(C)cc2)cc1. The van der Waals surface area contributed by atoms with Crippen molar-refractivity contribution in [2.75, 3.05) is 10.6 Å². The predicted octanol–water partition coefficient (Wildman–Crippen LogP) is 5.94. The summed E-state index contributed by atoms with van der Waals surface area (Å²) in [5.74, 6) is 0.731. The molecule has 0 amide bonds. The normalized spacial score (nSPS) is 11.5. The molecule has 3 aromatic carbocycles. The molecule has 0 bridgehead atoms. The molecule has 0 aromatic heterocycles. The molecule has 0 fully saturated rings. The molecular formula is C23H25N3. The smallest absolute Gasteiger partial charge is 0.200 e. The van der Waals surface area contributed by atoms with Gasteiger partial charge in [-0.05, 0) is 50.6 Å². The number of hydrogen-bond acceptors (Lipinski definition) is 1. The monoisotopic (exact) mass is 343 g/mol. The number of aryl methyl sites for hydroxylation is 2. The molecule has 2 N–H and O–H groups in total. The minimum Gasteiger partial charge on any atom is -0.326 e. The van der Waals surface area contributed by atoms with Gasteiger partial charge in [-0.1, -0.05) is 65.7 Å². The molecule has 0 aliphatic carbocycles. The molecule has 0 heterocycles. The summed E-state index contributed by atoms with van der Waals surface area (Å²) in [6.07, 6.45) is 0. The van der Waals surface area contributed by atoms with Gasteiger partial charge < -0.3 is 10.6 Å². The first-order valence-electron chi connectivity index (χ1n) is 8.90. The Bertz CT molecular complexity index is 801. The van der Waals surface area contributed by atoms with Gasteiger partial charge in [-0.25, -0.2) is 4.99 Å². The van der Waals surface area contributed by atoms with E-state index in [1.807, 2.05) is 18.2 Å². The van der Waals surface area contributed by atoms with Gasteiger partial charge in [0.1, 0.15) is 0 Å². The van der Waals surface area contributed by atoms with Crippen LogP contribution >= 0.6 is 0 Å². The van der Waals surface area contributed by atoms with E-state index < -0.39 is 0 Å². The van der Waals surface area contributed by atoms with Crippen LogP contribution < -0.4 is 10.6 Å². The molecule has 0 aliphatic rings. The van der Waals surface area contributed by atoms with Crippen molar-refractivity contribution in [3.05, 3.63) is 95.6 Å². The van der Waals surface area contributed by atoms with E-state index in [1.165, 1.54) is 16.7 Å². The van der Waals surface area contributed by atoms with Gasteiger partial charge in [0.2, 0.25) is 5.96 Å². The van der Waals surface area contributed by atoms with Crippen molar-refractivity contribution in [3.8, 4) is 0 Å². The van der Waals surface area contributed by atoms with Crippen LogP contribution in [0.4, 0.5) is 11.4 Å². The van der Waals surface area contributed by atoms with E-state index in [0.717, 1.165) is 17.3 Å². The van der Waals surface area contributed by atoms with Crippen LogP contribution in [0.2, 0.25) is 0 Å². The second kappa shape index (κ2) is 8.34. The first-order chi connectivity index (χ1) is 12.6. The lowest BCUT2D eigenvalue weighted by Gasteiger charge is -2.16. The van der Waals surface area contributed by atoms with E-state index in [2.05, 4.69) is 92.1 Å². The van der Waals surface area contributed by atoms with E-state index in [9.17, 15) is 0 Å². The van der Waals surface area contributed by atoms with Gasteiger partial charge in [0.05, 0.1) is 6.04 Å². The molecule has 3 nitrogen and oxygen atoms in total. The number of hydrogen-bond donors (Lipinski definition) is 2. The van der Waals surface area contributed by atoms with E-state index in [1.54, 1.807) is 0 Å². The third-order valence-corrected chi connectivity index (χ3v) is 4.23. The van der Waals surface area contributed by atoms with Crippen LogP contribution in [0, 0.1) is 13.8 Å². The molecule has 3 heteroatoms. The molecule has 0 radical (unpaired) electrons. The number of rotatable bonds is 4. The summed E-state index contributed by atoms with van der Waals surface area (Å²) in [6.45, 7) is 6.27. The second-order valence-electron chi connectivity index (χ2n) is 6.55.